The maximum absolute atomic E-state index is 10.3. The van der Waals surface area contributed by atoms with Crippen molar-refractivity contribution in [3.8, 4) is 5.75 Å². The third-order valence-electron chi connectivity index (χ3n) is 1.79. The van der Waals surface area contributed by atoms with Crippen molar-refractivity contribution in [3.05, 3.63) is 29.8 Å². The normalized spacial score (nSPS) is 10.5. The van der Waals surface area contributed by atoms with Crippen LogP contribution < -0.4 is 10.5 Å². The van der Waals surface area contributed by atoms with Gasteiger partial charge in [0.2, 0.25) is 0 Å². The van der Waals surface area contributed by atoms with Crippen LogP contribution in [-0.2, 0) is 4.79 Å². The number of carboxylic acid groups (broad SMARTS) is 1. The van der Waals surface area contributed by atoms with Crippen molar-refractivity contribution in [2.45, 2.75) is 6.42 Å². The van der Waals surface area contributed by atoms with Gasteiger partial charge in [-0.25, -0.2) is 0 Å². The van der Waals surface area contributed by atoms with Crippen LogP contribution in [0.25, 0.3) is 6.08 Å². The highest BCUT2D eigenvalue weighted by atomic mass is 16.5. The summed E-state index contributed by atoms with van der Waals surface area (Å²) in [5, 5.41) is 8.45. The molecule has 15 heavy (non-hydrogen) atoms. The van der Waals surface area contributed by atoms with Gasteiger partial charge in [-0.15, -0.1) is 0 Å². The number of rotatable bonds is 4. The number of hydrogen-bond donors (Lipinski definition) is 2. The number of nitrogens with two attached hydrogens (primary N) is 1. The van der Waals surface area contributed by atoms with Gasteiger partial charge in [0.1, 0.15) is 5.75 Å². The van der Waals surface area contributed by atoms with Crippen molar-refractivity contribution in [3.63, 3.8) is 0 Å². The molecule has 4 nitrogen and oxygen atoms in total. The van der Waals surface area contributed by atoms with Crippen molar-refractivity contribution < 1.29 is 14.6 Å². The van der Waals surface area contributed by atoms with E-state index in [0.717, 1.165) is 5.56 Å². The van der Waals surface area contributed by atoms with Crippen molar-refractivity contribution in [1.82, 2.24) is 0 Å². The minimum Gasteiger partial charge on any atom is -0.497 e. The summed E-state index contributed by atoms with van der Waals surface area (Å²) in [6.45, 7) is 0. The summed E-state index contributed by atoms with van der Waals surface area (Å²) >= 11 is 0. The highest BCUT2D eigenvalue weighted by molar-refractivity contribution is 5.71. The molecule has 0 radical (unpaired) electrons. The lowest BCUT2D eigenvalue weighted by Gasteiger charge is -2.02. The third-order valence-corrected chi connectivity index (χ3v) is 1.79. The maximum atomic E-state index is 10.3. The number of carboxylic acids is 1. The molecular formula is C11H13NO3. The monoisotopic (exact) mass is 207 g/mol. The fourth-order valence-electron chi connectivity index (χ4n) is 1.16. The van der Waals surface area contributed by atoms with Crippen molar-refractivity contribution in [2.24, 2.45) is 0 Å². The molecule has 0 spiro atoms. The molecule has 0 saturated heterocycles. The van der Waals surface area contributed by atoms with Gasteiger partial charge in [0, 0.05) is 11.8 Å². The van der Waals surface area contributed by atoms with Crippen LogP contribution in [0.1, 0.15) is 12.0 Å². The van der Waals surface area contributed by atoms with Gasteiger partial charge < -0.3 is 15.6 Å². The number of methoxy groups -OCH3 is 1. The van der Waals surface area contributed by atoms with E-state index in [2.05, 4.69) is 0 Å². The fourth-order valence-corrected chi connectivity index (χ4v) is 1.16. The SMILES string of the molecule is COc1cc(N)cc(C=CCC(=O)O)c1. The molecule has 1 aromatic carbocycles. The Hall–Kier alpha value is -1.97. The van der Waals surface area contributed by atoms with Crippen LogP contribution in [0.3, 0.4) is 0 Å². The second kappa shape index (κ2) is 5.05. The lowest BCUT2D eigenvalue weighted by atomic mass is 10.1. The number of hydrogen-bond acceptors (Lipinski definition) is 3. The smallest absolute Gasteiger partial charge is 0.307 e. The molecule has 4 heteroatoms. The van der Waals surface area contributed by atoms with Crippen molar-refractivity contribution >= 4 is 17.7 Å². The molecule has 0 fully saturated rings. The Morgan fingerprint density at radius 2 is 2.27 bits per heavy atom. The van der Waals surface area contributed by atoms with E-state index in [1.54, 1.807) is 37.5 Å². The molecule has 0 bridgehead atoms. The first-order valence-electron chi connectivity index (χ1n) is 4.44. The Kier molecular flexibility index (Phi) is 3.74. The zero-order chi connectivity index (χ0) is 11.3. The standard InChI is InChI=1S/C11H13NO3/c1-15-10-6-8(5-9(12)7-10)3-2-4-11(13)14/h2-3,5-7H,4,12H2,1H3,(H,13,14). The summed E-state index contributed by atoms with van der Waals surface area (Å²) in [7, 11) is 1.56. The van der Waals surface area contributed by atoms with Gasteiger partial charge in [0.25, 0.3) is 0 Å². The third kappa shape index (κ3) is 3.72. The number of benzene rings is 1. The average molecular weight is 207 g/mol. The fraction of sp³-hybridized carbons (Fsp3) is 0.182. The summed E-state index contributed by atoms with van der Waals surface area (Å²) in [4.78, 5) is 10.3. The molecular weight excluding hydrogens is 194 g/mol. The average Bonchev–Trinajstić information content (AvgIpc) is 2.16. The Morgan fingerprint density at radius 1 is 1.53 bits per heavy atom. The molecule has 0 saturated carbocycles. The molecule has 0 aliphatic carbocycles. The van der Waals surface area contributed by atoms with Crippen LogP contribution in [0.5, 0.6) is 5.75 Å². The number of nitrogen functional groups attached to an aromatic ring is 1. The van der Waals surface area contributed by atoms with Crippen molar-refractivity contribution in [2.75, 3.05) is 12.8 Å². The van der Waals surface area contributed by atoms with E-state index >= 15 is 0 Å². The van der Waals surface area contributed by atoms with E-state index in [1.165, 1.54) is 0 Å². The van der Waals surface area contributed by atoms with Crippen LogP contribution >= 0.6 is 0 Å². The van der Waals surface area contributed by atoms with E-state index < -0.39 is 5.97 Å². The lowest BCUT2D eigenvalue weighted by Crippen LogP contribution is -1.91. The van der Waals surface area contributed by atoms with Crippen LogP contribution in [0, 0.1) is 0 Å². The summed E-state index contributed by atoms with van der Waals surface area (Å²) in [5.41, 5.74) is 7.05. The zero-order valence-electron chi connectivity index (χ0n) is 8.43. The first-order chi connectivity index (χ1) is 7.11. The van der Waals surface area contributed by atoms with Crippen LogP contribution in [0.15, 0.2) is 24.3 Å². The van der Waals surface area contributed by atoms with E-state index in [-0.39, 0.29) is 6.42 Å². The molecule has 0 unspecified atom stereocenters. The van der Waals surface area contributed by atoms with Gasteiger partial charge in [-0.1, -0.05) is 12.2 Å². The highest BCUT2D eigenvalue weighted by Gasteiger charge is 1.96. The summed E-state index contributed by atoms with van der Waals surface area (Å²) in [5.74, 6) is -0.202. The highest BCUT2D eigenvalue weighted by Crippen LogP contribution is 2.19. The number of anilines is 1. The quantitative estimate of drug-likeness (QED) is 0.738. The lowest BCUT2D eigenvalue weighted by molar-refractivity contribution is -0.135. The van der Waals surface area contributed by atoms with E-state index in [9.17, 15) is 4.79 Å². The molecule has 0 aliphatic heterocycles. The second-order valence-electron chi connectivity index (χ2n) is 3.04. The van der Waals surface area contributed by atoms with Gasteiger partial charge in [-0.2, -0.15) is 0 Å². The van der Waals surface area contributed by atoms with Crippen LogP contribution in [0.4, 0.5) is 5.69 Å². The molecule has 1 aromatic rings. The van der Waals surface area contributed by atoms with Gasteiger partial charge in [0.05, 0.1) is 13.5 Å². The van der Waals surface area contributed by atoms with Gasteiger partial charge in [-0.3, -0.25) is 4.79 Å². The molecule has 1 rings (SSSR count). The molecule has 0 aliphatic rings. The Bertz CT molecular complexity index is 385. The zero-order valence-corrected chi connectivity index (χ0v) is 8.43. The van der Waals surface area contributed by atoms with Gasteiger partial charge in [0.15, 0.2) is 0 Å². The van der Waals surface area contributed by atoms with E-state index in [0.29, 0.717) is 11.4 Å². The molecule has 0 aromatic heterocycles. The molecule has 3 N–H and O–H groups in total. The summed E-state index contributed by atoms with van der Waals surface area (Å²) < 4.78 is 5.03. The van der Waals surface area contributed by atoms with E-state index in [1.807, 2.05) is 0 Å². The van der Waals surface area contributed by atoms with Gasteiger partial charge >= 0.3 is 5.97 Å². The Labute approximate surface area is 88.0 Å². The molecule has 0 atom stereocenters. The van der Waals surface area contributed by atoms with E-state index in [4.69, 9.17) is 15.6 Å². The van der Waals surface area contributed by atoms with Crippen molar-refractivity contribution in [1.29, 1.82) is 0 Å². The predicted molar refractivity (Wildman–Crippen MR) is 58.7 cm³/mol. The summed E-state index contributed by atoms with van der Waals surface area (Å²) in [6, 6.07) is 5.24. The maximum Gasteiger partial charge on any atom is 0.307 e. The number of ether oxygens (including phenoxy) is 1. The largest absolute Gasteiger partial charge is 0.497 e. The van der Waals surface area contributed by atoms with Crippen LogP contribution in [0.2, 0.25) is 0 Å². The number of aliphatic carboxylic acids is 1. The van der Waals surface area contributed by atoms with Gasteiger partial charge in [-0.05, 0) is 17.7 Å². The second-order valence-corrected chi connectivity index (χ2v) is 3.04. The minimum atomic E-state index is -0.859. The minimum absolute atomic E-state index is 0.00286. The Balaban J connectivity index is 2.80. The predicted octanol–water partition coefficient (Wildman–Crippen LogP) is 1.77. The first-order valence-corrected chi connectivity index (χ1v) is 4.44. The molecule has 80 valence electrons. The first kappa shape index (κ1) is 11.1. The number of carbonyl (C=O) groups is 1. The molecule has 0 heterocycles. The van der Waals surface area contributed by atoms with Crippen LogP contribution in [-0.4, -0.2) is 18.2 Å². The topological polar surface area (TPSA) is 72.5 Å². The Morgan fingerprint density at radius 3 is 2.87 bits per heavy atom. The summed E-state index contributed by atoms with van der Waals surface area (Å²) in [6.07, 6.45) is 3.26. The molecule has 0 amide bonds.